The lowest BCUT2D eigenvalue weighted by atomic mass is 10.1. The van der Waals surface area contributed by atoms with Crippen molar-refractivity contribution in [3.8, 4) is 0 Å². The minimum atomic E-state index is -0.688. The van der Waals surface area contributed by atoms with E-state index in [1.807, 2.05) is 4.90 Å². The van der Waals surface area contributed by atoms with Crippen LogP contribution in [-0.2, 0) is 0 Å². The van der Waals surface area contributed by atoms with E-state index in [2.05, 4.69) is 57.4 Å². The number of aromatic nitrogens is 3. The molecule has 1 N–H and O–H groups in total. The monoisotopic (exact) mass is 396 g/mol. The van der Waals surface area contributed by atoms with Gasteiger partial charge in [0, 0.05) is 31.9 Å². The number of para-hydroxylation sites is 1. The number of aryl methyl sites for hydroxylation is 1. The molecule has 0 saturated carbocycles. The van der Waals surface area contributed by atoms with Crippen LogP contribution in [0, 0.1) is 25.5 Å². The lowest BCUT2D eigenvalue weighted by molar-refractivity contribution is 0.590. The van der Waals surface area contributed by atoms with Crippen molar-refractivity contribution < 1.29 is 8.78 Å². The molecule has 2 aromatic carbocycles. The molecule has 29 heavy (non-hydrogen) atoms. The normalized spacial score (nSPS) is 14.2. The number of hydrogen-bond acceptors (Lipinski definition) is 6. The average molecular weight is 396 g/mol. The molecule has 150 valence electrons. The Morgan fingerprint density at radius 2 is 1.55 bits per heavy atom. The number of halogens is 2. The highest BCUT2D eigenvalue weighted by atomic mass is 19.1. The van der Waals surface area contributed by atoms with Crippen LogP contribution in [0.15, 0.2) is 42.6 Å². The average Bonchev–Trinajstić information content (AvgIpc) is 2.73. The van der Waals surface area contributed by atoms with Gasteiger partial charge in [0.05, 0.1) is 6.20 Å². The number of piperazine rings is 1. The van der Waals surface area contributed by atoms with E-state index in [0.29, 0.717) is 5.95 Å². The van der Waals surface area contributed by atoms with E-state index in [0.717, 1.165) is 26.2 Å². The number of benzene rings is 2. The van der Waals surface area contributed by atoms with E-state index in [9.17, 15) is 8.78 Å². The summed E-state index contributed by atoms with van der Waals surface area (Å²) in [6, 6.07) is 10.0. The molecular weight excluding hydrogens is 374 g/mol. The summed E-state index contributed by atoms with van der Waals surface area (Å²) in [7, 11) is 0. The number of nitrogens with one attached hydrogen (secondary N) is 1. The summed E-state index contributed by atoms with van der Waals surface area (Å²) < 4.78 is 27.7. The number of hydrogen-bond donors (Lipinski definition) is 1. The Morgan fingerprint density at radius 3 is 2.28 bits per heavy atom. The van der Waals surface area contributed by atoms with Crippen LogP contribution in [0.3, 0.4) is 0 Å². The highest BCUT2D eigenvalue weighted by molar-refractivity contribution is 5.59. The summed E-state index contributed by atoms with van der Waals surface area (Å²) in [5.74, 6) is -0.692. The Balaban J connectivity index is 1.47. The van der Waals surface area contributed by atoms with Gasteiger partial charge in [-0.1, -0.05) is 18.2 Å². The first-order valence-corrected chi connectivity index (χ1v) is 9.50. The van der Waals surface area contributed by atoms with Crippen molar-refractivity contribution in [1.82, 2.24) is 15.2 Å². The van der Waals surface area contributed by atoms with Crippen molar-refractivity contribution in [3.63, 3.8) is 0 Å². The maximum absolute atomic E-state index is 13.9. The van der Waals surface area contributed by atoms with E-state index in [1.54, 1.807) is 0 Å². The highest BCUT2D eigenvalue weighted by Gasteiger charge is 2.21. The summed E-state index contributed by atoms with van der Waals surface area (Å²) in [6.45, 7) is 7.37. The van der Waals surface area contributed by atoms with Crippen LogP contribution in [0.2, 0.25) is 0 Å². The zero-order valence-corrected chi connectivity index (χ0v) is 16.4. The topological polar surface area (TPSA) is 57.2 Å². The van der Waals surface area contributed by atoms with Crippen LogP contribution < -0.4 is 15.1 Å². The van der Waals surface area contributed by atoms with Gasteiger partial charge in [0.15, 0.2) is 5.82 Å². The fourth-order valence-corrected chi connectivity index (χ4v) is 3.46. The fourth-order valence-electron chi connectivity index (χ4n) is 3.46. The number of rotatable bonds is 4. The molecule has 0 atom stereocenters. The molecule has 0 bridgehead atoms. The van der Waals surface area contributed by atoms with Gasteiger partial charge >= 0.3 is 0 Å². The van der Waals surface area contributed by atoms with Crippen molar-refractivity contribution in [2.75, 3.05) is 41.3 Å². The quantitative estimate of drug-likeness (QED) is 0.723. The molecule has 1 aliphatic rings. The van der Waals surface area contributed by atoms with Crippen molar-refractivity contribution in [2.24, 2.45) is 0 Å². The van der Waals surface area contributed by atoms with E-state index in [1.165, 1.54) is 41.2 Å². The first-order valence-electron chi connectivity index (χ1n) is 9.50. The van der Waals surface area contributed by atoms with Gasteiger partial charge in [0.2, 0.25) is 5.95 Å². The van der Waals surface area contributed by atoms with Crippen LogP contribution in [0.4, 0.5) is 31.9 Å². The molecule has 0 radical (unpaired) electrons. The van der Waals surface area contributed by atoms with Gasteiger partial charge in [-0.3, -0.25) is 0 Å². The van der Waals surface area contributed by atoms with Crippen molar-refractivity contribution in [2.45, 2.75) is 13.8 Å². The number of nitrogens with zero attached hydrogens (tertiary/aromatic N) is 5. The van der Waals surface area contributed by atoms with E-state index in [-0.39, 0.29) is 11.5 Å². The molecule has 8 heteroatoms. The van der Waals surface area contributed by atoms with Gasteiger partial charge in [0.25, 0.3) is 0 Å². The third-order valence-electron chi connectivity index (χ3n) is 5.24. The van der Waals surface area contributed by atoms with Gasteiger partial charge in [-0.15, -0.1) is 5.10 Å². The fraction of sp³-hybridized carbons (Fsp3) is 0.286. The third-order valence-corrected chi connectivity index (χ3v) is 5.24. The lowest BCUT2D eigenvalue weighted by Gasteiger charge is -2.36. The Morgan fingerprint density at radius 1 is 0.897 bits per heavy atom. The SMILES string of the molecule is Cc1cccc(N2CCN(c3nncc(Nc4c(F)cccc4F)n3)CC2)c1C. The largest absolute Gasteiger partial charge is 0.368 e. The minimum Gasteiger partial charge on any atom is -0.368 e. The molecule has 2 heterocycles. The van der Waals surface area contributed by atoms with Crippen molar-refractivity contribution in [1.29, 1.82) is 0 Å². The van der Waals surface area contributed by atoms with Gasteiger partial charge < -0.3 is 15.1 Å². The molecule has 0 spiro atoms. The molecule has 0 amide bonds. The smallest absolute Gasteiger partial charge is 0.247 e. The summed E-state index contributed by atoms with van der Waals surface area (Å²) in [5, 5.41) is 10.7. The summed E-state index contributed by atoms with van der Waals surface area (Å²) in [4.78, 5) is 8.77. The van der Waals surface area contributed by atoms with Crippen LogP contribution in [-0.4, -0.2) is 41.4 Å². The number of anilines is 4. The van der Waals surface area contributed by atoms with Crippen LogP contribution in [0.5, 0.6) is 0 Å². The predicted molar refractivity (Wildman–Crippen MR) is 110 cm³/mol. The highest BCUT2D eigenvalue weighted by Crippen LogP contribution is 2.25. The molecule has 1 saturated heterocycles. The second-order valence-corrected chi connectivity index (χ2v) is 7.06. The summed E-state index contributed by atoms with van der Waals surface area (Å²) >= 11 is 0. The predicted octanol–water partition coefficient (Wildman–Crippen LogP) is 3.84. The van der Waals surface area contributed by atoms with Gasteiger partial charge in [-0.2, -0.15) is 10.1 Å². The molecule has 4 rings (SSSR count). The first-order chi connectivity index (χ1) is 14.0. The standard InChI is InChI=1S/C21H22F2N6/c1-14-5-3-8-18(15(14)2)28-9-11-29(12-10-28)21-26-19(13-24-27-21)25-20-16(22)6-4-7-17(20)23/h3-8,13H,9-12H2,1-2H3,(H,25,26,27). The molecule has 6 nitrogen and oxygen atoms in total. The summed E-state index contributed by atoms with van der Waals surface area (Å²) in [5.41, 5.74) is 3.56. The van der Waals surface area contributed by atoms with Gasteiger partial charge in [-0.25, -0.2) is 8.78 Å². The summed E-state index contributed by atoms with van der Waals surface area (Å²) in [6.07, 6.45) is 1.35. The lowest BCUT2D eigenvalue weighted by Crippen LogP contribution is -2.47. The zero-order chi connectivity index (χ0) is 20.4. The Labute approximate surface area is 168 Å². The van der Waals surface area contributed by atoms with Crippen molar-refractivity contribution in [3.05, 3.63) is 65.4 Å². The van der Waals surface area contributed by atoms with Crippen LogP contribution in [0.1, 0.15) is 11.1 Å². The van der Waals surface area contributed by atoms with E-state index < -0.39 is 11.6 Å². The third kappa shape index (κ3) is 3.96. The molecule has 3 aromatic rings. The van der Waals surface area contributed by atoms with Gasteiger partial charge in [0.1, 0.15) is 17.3 Å². The molecule has 1 fully saturated rings. The van der Waals surface area contributed by atoms with E-state index in [4.69, 9.17) is 0 Å². The first kappa shape index (κ1) is 19.0. The van der Waals surface area contributed by atoms with Crippen LogP contribution in [0.25, 0.3) is 0 Å². The zero-order valence-electron chi connectivity index (χ0n) is 16.4. The molecule has 1 aliphatic heterocycles. The van der Waals surface area contributed by atoms with Crippen LogP contribution >= 0.6 is 0 Å². The van der Waals surface area contributed by atoms with Crippen molar-refractivity contribution >= 4 is 23.1 Å². The second kappa shape index (κ2) is 7.98. The minimum absolute atomic E-state index is 0.246. The Bertz CT molecular complexity index is 998. The maximum Gasteiger partial charge on any atom is 0.247 e. The molecule has 0 aliphatic carbocycles. The molecule has 0 unspecified atom stereocenters. The molecular formula is C21H22F2N6. The van der Waals surface area contributed by atoms with Gasteiger partial charge in [-0.05, 0) is 43.2 Å². The Kier molecular flexibility index (Phi) is 5.24. The second-order valence-electron chi connectivity index (χ2n) is 7.06. The Hall–Kier alpha value is -3.29. The van der Waals surface area contributed by atoms with E-state index >= 15 is 0 Å². The molecule has 1 aromatic heterocycles. The maximum atomic E-state index is 13.9.